The first-order chi connectivity index (χ1) is 6.19. The van der Waals surface area contributed by atoms with Crippen molar-refractivity contribution in [2.45, 2.75) is 6.04 Å². The van der Waals surface area contributed by atoms with Crippen molar-refractivity contribution in [1.82, 2.24) is 0 Å². The molecule has 4 heteroatoms. The fourth-order valence-electron chi connectivity index (χ4n) is 1.03. The first-order valence-electron chi connectivity index (χ1n) is 3.90. The molecule has 1 rings (SSSR count). The summed E-state index contributed by atoms with van der Waals surface area (Å²) in [5, 5.41) is 0. The first-order valence-corrected chi connectivity index (χ1v) is 3.90. The smallest absolute Gasteiger partial charge is 0.131 e. The van der Waals surface area contributed by atoms with E-state index in [1.807, 2.05) is 0 Å². The molecule has 2 nitrogen and oxygen atoms in total. The molecule has 1 aromatic carbocycles. The number of ether oxygens (including phenoxy) is 1. The third-order valence-corrected chi connectivity index (χ3v) is 1.82. The van der Waals surface area contributed by atoms with Crippen molar-refractivity contribution in [3.8, 4) is 5.75 Å². The van der Waals surface area contributed by atoms with Gasteiger partial charge in [0.1, 0.15) is 11.6 Å². The standard InChI is InChI=1S/C10H12FNO.ClH/c1-3-10(12)8-5-4-7(13-2)6-9(8)11;/h3-6,10H,1,12H2,2H3;1H/t10-;/m0./s1. The van der Waals surface area contributed by atoms with Gasteiger partial charge >= 0.3 is 0 Å². The molecule has 0 fully saturated rings. The van der Waals surface area contributed by atoms with Crippen molar-refractivity contribution in [2.24, 2.45) is 5.73 Å². The van der Waals surface area contributed by atoms with Crippen LogP contribution in [0.15, 0.2) is 30.9 Å². The normalized spacial score (nSPS) is 11.4. The second-order valence-corrected chi connectivity index (χ2v) is 2.65. The Hall–Kier alpha value is -1.06. The molecule has 0 bridgehead atoms. The molecule has 0 amide bonds. The molecule has 0 aromatic heterocycles. The highest BCUT2D eigenvalue weighted by Gasteiger charge is 2.08. The van der Waals surface area contributed by atoms with Crippen molar-refractivity contribution < 1.29 is 9.13 Å². The molecule has 0 aliphatic carbocycles. The molecule has 0 aliphatic rings. The Bertz CT molecular complexity index is 317. The Balaban J connectivity index is 0.00000169. The van der Waals surface area contributed by atoms with Crippen LogP contribution in [0.25, 0.3) is 0 Å². The van der Waals surface area contributed by atoms with Gasteiger partial charge in [0.05, 0.1) is 13.2 Å². The molecular formula is C10H13ClFNO. The zero-order chi connectivity index (χ0) is 9.84. The maximum absolute atomic E-state index is 13.3. The Morgan fingerprint density at radius 3 is 2.64 bits per heavy atom. The fourth-order valence-corrected chi connectivity index (χ4v) is 1.03. The predicted octanol–water partition coefficient (Wildman–Crippen LogP) is 2.44. The molecule has 0 aliphatic heterocycles. The van der Waals surface area contributed by atoms with Gasteiger partial charge in [-0.2, -0.15) is 0 Å². The second-order valence-electron chi connectivity index (χ2n) is 2.65. The molecule has 2 N–H and O–H groups in total. The summed E-state index contributed by atoms with van der Waals surface area (Å²) in [5.41, 5.74) is 6.01. The largest absolute Gasteiger partial charge is 0.497 e. The van der Waals surface area contributed by atoms with E-state index in [-0.39, 0.29) is 18.2 Å². The van der Waals surface area contributed by atoms with Crippen LogP contribution < -0.4 is 10.5 Å². The van der Waals surface area contributed by atoms with Crippen LogP contribution in [0.2, 0.25) is 0 Å². The minimum absolute atomic E-state index is 0. The van der Waals surface area contributed by atoms with E-state index in [4.69, 9.17) is 10.5 Å². The van der Waals surface area contributed by atoms with E-state index in [0.717, 1.165) is 0 Å². The van der Waals surface area contributed by atoms with Crippen LogP contribution in [-0.4, -0.2) is 7.11 Å². The van der Waals surface area contributed by atoms with Gasteiger partial charge in [0.15, 0.2) is 0 Å². The topological polar surface area (TPSA) is 35.2 Å². The third kappa shape index (κ3) is 2.72. The summed E-state index contributed by atoms with van der Waals surface area (Å²) in [6.07, 6.45) is 1.49. The van der Waals surface area contributed by atoms with Crippen LogP contribution in [0, 0.1) is 5.82 Å². The Morgan fingerprint density at radius 1 is 1.57 bits per heavy atom. The summed E-state index contributed by atoms with van der Waals surface area (Å²) in [6, 6.07) is 4.10. The molecule has 0 unspecified atom stereocenters. The van der Waals surface area contributed by atoms with E-state index in [2.05, 4.69) is 6.58 Å². The van der Waals surface area contributed by atoms with Gasteiger partial charge in [-0.1, -0.05) is 12.1 Å². The number of methoxy groups -OCH3 is 1. The third-order valence-electron chi connectivity index (χ3n) is 1.82. The molecule has 0 radical (unpaired) electrons. The quantitative estimate of drug-likeness (QED) is 0.790. The minimum atomic E-state index is -0.467. The average molecular weight is 218 g/mol. The lowest BCUT2D eigenvalue weighted by Crippen LogP contribution is -2.08. The lowest BCUT2D eigenvalue weighted by atomic mass is 10.1. The zero-order valence-electron chi connectivity index (χ0n) is 7.87. The number of halogens is 2. The number of nitrogens with two attached hydrogens (primary N) is 1. The second kappa shape index (κ2) is 5.62. The van der Waals surface area contributed by atoms with Gasteiger partial charge in [0.2, 0.25) is 0 Å². The van der Waals surface area contributed by atoms with Gasteiger partial charge in [-0.05, 0) is 6.07 Å². The van der Waals surface area contributed by atoms with E-state index in [1.165, 1.54) is 19.3 Å². The summed E-state index contributed by atoms with van der Waals surface area (Å²) in [6.45, 7) is 3.50. The maximum Gasteiger partial charge on any atom is 0.131 e. The van der Waals surface area contributed by atoms with Crippen molar-refractivity contribution in [3.63, 3.8) is 0 Å². The van der Waals surface area contributed by atoms with E-state index < -0.39 is 6.04 Å². The van der Waals surface area contributed by atoms with Crippen LogP contribution >= 0.6 is 12.4 Å². The van der Waals surface area contributed by atoms with Crippen LogP contribution in [0.1, 0.15) is 11.6 Å². The summed E-state index contributed by atoms with van der Waals surface area (Å²) >= 11 is 0. The molecule has 0 saturated heterocycles. The SMILES string of the molecule is C=C[C@H](N)c1ccc(OC)cc1F.Cl. The Kier molecular flexibility index (Phi) is 5.20. The summed E-state index contributed by atoms with van der Waals surface area (Å²) < 4.78 is 18.1. The fraction of sp³-hybridized carbons (Fsp3) is 0.200. The lowest BCUT2D eigenvalue weighted by Gasteiger charge is -2.08. The molecular weight excluding hydrogens is 205 g/mol. The van der Waals surface area contributed by atoms with Crippen LogP contribution in [0.3, 0.4) is 0 Å². The number of benzene rings is 1. The maximum atomic E-state index is 13.3. The number of hydrogen-bond donors (Lipinski definition) is 1. The minimum Gasteiger partial charge on any atom is -0.497 e. The lowest BCUT2D eigenvalue weighted by molar-refractivity contribution is 0.410. The highest BCUT2D eigenvalue weighted by Crippen LogP contribution is 2.20. The average Bonchev–Trinajstić information content (AvgIpc) is 2.16. The molecule has 0 saturated carbocycles. The van der Waals surface area contributed by atoms with Crippen molar-refractivity contribution in [2.75, 3.05) is 7.11 Å². The highest BCUT2D eigenvalue weighted by molar-refractivity contribution is 5.85. The van der Waals surface area contributed by atoms with Crippen molar-refractivity contribution in [1.29, 1.82) is 0 Å². The number of rotatable bonds is 3. The Labute approximate surface area is 89.0 Å². The monoisotopic (exact) mass is 217 g/mol. The van der Waals surface area contributed by atoms with Gasteiger partial charge in [0, 0.05) is 11.6 Å². The molecule has 0 spiro atoms. The molecule has 1 aromatic rings. The van der Waals surface area contributed by atoms with Gasteiger partial charge < -0.3 is 10.5 Å². The van der Waals surface area contributed by atoms with Gasteiger partial charge in [-0.15, -0.1) is 19.0 Å². The van der Waals surface area contributed by atoms with Crippen molar-refractivity contribution in [3.05, 3.63) is 42.2 Å². The first kappa shape index (κ1) is 12.9. The summed E-state index contributed by atoms with van der Waals surface area (Å²) in [7, 11) is 1.49. The summed E-state index contributed by atoms with van der Waals surface area (Å²) in [4.78, 5) is 0. The molecule has 1 atom stereocenters. The van der Waals surface area contributed by atoms with E-state index in [9.17, 15) is 4.39 Å². The molecule has 78 valence electrons. The van der Waals surface area contributed by atoms with Crippen LogP contribution in [0.4, 0.5) is 4.39 Å². The van der Waals surface area contributed by atoms with Crippen molar-refractivity contribution >= 4 is 12.4 Å². The predicted molar refractivity (Wildman–Crippen MR) is 57.3 cm³/mol. The zero-order valence-corrected chi connectivity index (χ0v) is 8.68. The molecule has 0 heterocycles. The Morgan fingerprint density at radius 2 is 2.21 bits per heavy atom. The van der Waals surface area contributed by atoms with E-state index in [1.54, 1.807) is 12.1 Å². The van der Waals surface area contributed by atoms with Gasteiger partial charge in [-0.3, -0.25) is 0 Å². The van der Waals surface area contributed by atoms with E-state index in [0.29, 0.717) is 11.3 Å². The molecule has 14 heavy (non-hydrogen) atoms. The summed E-state index contributed by atoms with van der Waals surface area (Å²) in [5.74, 6) is 0.115. The van der Waals surface area contributed by atoms with E-state index >= 15 is 0 Å². The highest BCUT2D eigenvalue weighted by atomic mass is 35.5. The number of hydrogen-bond acceptors (Lipinski definition) is 2. The van der Waals surface area contributed by atoms with Gasteiger partial charge in [0.25, 0.3) is 0 Å². The van der Waals surface area contributed by atoms with Crippen LogP contribution in [0.5, 0.6) is 5.75 Å². The van der Waals surface area contributed by atoms with Gasteiger partial charge in [-0.25, -0.2) is 4.39 Å². The van der Waals surface area contributed by atoms with Crippen LogP contribution in [-0.2, 0) is 0 Å².